The van der Waals surface area contributed by atoms with E-state index in [0.717, 1.165) is 5.56 Å². The Hall–Kier alpha value is -2.21. The Morgan fingerprint density at radius 1 is 1.30 bits per heavy atom. The van der Waals surface area contributed by atoms with Crippen molar-refractivity contribution in [2.75, 3.05) is 11.6 Å². The van der Waals surface area contributed by atoms with Crippen LogP contribution in [0.25, 0.3) is 0 Å². The standard InChI is InChI=1S/C14H14N2O3S/c1-20(19)9-10-5-2-3-6-11(10)16-14(18)13-12(17)7-4-8-15-13/h2-8,17H,9H2,1H3,(H,16,18)/t20-/m1/s1. The van der Waals surface area contributed by atoms with E-state index in [2.05, 4.69) is 10.3 Å². The molecule has 0 fully saturated rings. The van der Waals surface area contributed by atoms with E-state index in [4.69, 9.17) is 0 Å². The Bertz CT molecular complexity index is 658. The van der Waals surface area contributed by atoms with Gasteiger partial charge in [-0.25, -0.2) is 4.98 Å². The van der Waals surface area contributed by atoms with Crippen LogP contribution < -0.4 is 5.32 Å². The van der Waals surface area contributed by atoms with E-state index in [-0.39, 0.29) is 11.4 Å². The first-order chi connectivity index (χ1) is 9.58. The van der Waals surface area contributed by atoms with Crippen molar-refractivity contribution < 1.29 is 14.1 Å². The van der Waals surface area contributed by atoms with Crippen molar-refractivity contribution in [3.8, 4) is 5.75 Å². The number of aromatic nitrogens is 1. The molecule has 2 N–H and O–H groups in total. The minimum atomic E-state index is -1.01. The second-order valence-corrected chi connectivity index (χ2v) is 5.63. The molecule has 0 saturated carbocycles. The molecule has 0 saturated heterocycles. The van der Waals surface area contributed by atoms with Crippen molar-refractivity contribution in [1.82, 2.24) is 4.98 Å². The SMILES string of the molecule is C[S@@](=O)Cc1ccccc1NC(=O)c1ncccc1O. The van der Waals surface area contributed by atoms with Crippen LogP contribution in [-0.4, -0.2) is 26.5 Å². The number of amides is 1. The predicted molar refractivity (Wildman–Crippen MR) is 78.1 cm³/mol. The van der Waals surface area contributed by atoms with Gasteiger partial charge in [-0.05, 0) is 23.8 Å². The third-order valence-corrected chi connectivity index (χ3v) is 3.34. The van der Waals surface area contributed by atoms with Crippen molar-refractivity contribution in [3.05, 3.63) is 53.9 Å². The van der Waals surface area contributed by atoms with E-state index < -0.39 is 16.7 Å². The summed E-state index contributed by atoms with van der Waals surface area (Å²) < 4.78 is 11.3. The number of anilines is 1. The lowest BCUT2D eigenvalue weighted by Gasteiger charge is -2.10. The molecular formula is C14H14N2O3S. The monoisotopic (exact) mass is 290 g/mol. The molecular weight excluding hydrogens is 276 g/mol. The maximum absolute atomic E-state index is 12.1. The summed E-state index contributed by atoms with van der Waals surface area (Å²) in [4.78, 5) is 15.9. The number of para-hydroxylation sites is 1. The van der Waals surface area contributed by atoms with Crippen LogP contribution in [-0.2, 0) is 16.6 Å². The number of benzene rings is 1. The number of carbonyl (C=O) groups excluding carboxylic acids is 1. The highest BCUT2D eigenvalue weighted by molar-refractivity contribution is 7.83. The predicted octanol–water partition coefficient (Wildman–Crippen LogP) is 1.92. The number of rotatable bonds is 4. The third-order valence-electron chi connectivity index (χ3n) is 2.63. The number of hydrogen-bond acceptors (Lipinski definition) is 4. The van der Waals surface area contributed by atoms with Gasteiger partial charge in [-0.2, -0.15) is 0 Å². The van der Waals surface area contributed by atoms with Gasteiger partial charge in [0, 0.05) is 28.9 Å². The molecule has 1 amide bonds. The topological polar surface area (TPSA) is 79.3 Å². The molecule has 1 heterocycles. The normalized spacial score (nSPS) is 11.8. The van der Waals surface area contributed by atoms with Crippen LogP contribution in [0.2, 0.25) is 0 Å². The molecule has 0 aliphatic rings. The van der Waals surface area contributed by atoms with Crippen LogP contribution in [0.15, 0.2) is 42.6 Å². The maximum Gasteiger partial charge on any atom is 0.278 e. The molecule has 0 unspecified atom stereocenters. The van der Waals surface area contributed by atoms with E-state index >= 15 is 0 Å². The largest absolute Gasteiger partial charge is 0.505 e. The Morgan fingerprint density at radius 3 is 2.75 bits per heavy atom. The zero-order valence-electron chi connectivity index (χ0n) is 10.9. The molecule has 0 radical (unpaired) electrons. The van der Waals surface area contributed by atoms with E-state index in [0.29, 0.717) is 11.4 Å². The zero-order valence-corrected chi connectivity index (χ0v) is 11.7. The van der Waals surface area contributed by atoms with Crippen molar-refractivity contribution in [2.24, 2.45) is 0 Å². The number of nitrogens with zero attached hydrogens (tertiary/aromatic N) is 1. The van der Waals surface area contributed by atoms with Gasteiger partial charge in [0.05, 0.1) is 5.75 Å². The first-order valence-electron chi connectivity index (χ1n) is 5.91. The summed E-state index contributed by atoms with van der Waals surface area (Å²) in [5, 5.41) is 12.3. The zero-order chi connectivity index (χ0) is 14.5. The summed E-state index contributed by atoms with van der Waals surface area (Å²) in [6.45, 7) is 0. The summed E-state index contributed by atoms with van der Waals surface area (Å²) in [6.07, 6.45) is 3.03. The van der Waals surface area contributed by atoms with Crippen molar-refractivity contribution in [1.29, 1.82) is 0 Å². The van der Waals surface area contributed by atoms with Crippen molar-refractivity contribution in [2.45, 2.75) is 5.75 Å². The molecule has 2 aromatic rings. The van der Waals surface area contributed by atoms with Gasteiger partial charge in [-0.15, -0.1) is 0 Å². The van der Waals surface area contributed by atoms with E-state index in [9.17, 15) is 14.1 Å². The molecule has 104 valence electrons. The molecule has 1 atom stereocenters. The van der Waals surface area contributed by atoms with Crippen LogP contribution in [0.1, 0.15) is 16.1 Å². The van der Waals surface area contributed by atoms with Crippen LogP contribution in [0.3, 0.4) is 0 Å². The van der Waals surface area contributed by atoms with Gasteiger partial charge in [0.2, 0.25) is 0 Å². The molecule has 2 rings (SSSR count). The Morgan fingerprint density at radius 2 is 2.05 bits per heavy atom. The molecule has 20 heavy (non-hydrogen) atoms. The van der Waals surface area contributed by atoms with Gasteiger partial charge in [0.15, 0.2) is 5.69 Å². The maximum atomic E-state index is 12.1. The van der Waals surface area contributed by atoms with Gasteiger partial charge >= 0.3 is 0 Å². The average molecular weight is 290 g/mol. The first-order valence-corrected chi connectivity index (χ1v) is 7.64. The minimum Gasteiger partial charge on any atom is -0.505 e. The molecule has 5 nitrogen and oxygen atoms in total. The van der Waals surface area contributed by atoms with Gasteiger partial charge in [-0.3, -0.25) is 9.00 Å². The second-order valence-electron chi connectivity index (χ2n) is 4.20. The summed E-state index contributed by atoms with van der Waals surface area (Å²) >= 11 is 0. The third kappa shape index (κ3) is 3.42. The summed E-state index contributed by atoms with van der Waals surface area (Å²) in [5.41, 5.74) is 1.30. The highest BCUT2D eigenvalue weighted by Crippen LogP contribution is 2.19. The molecule has 6 heteroatoms. The van der Waals surface area contributed by atoms with Gasteiger partial charge in [0.25, 0.3) is 5.91 Å². The Kier molecular flexibility index (Phi) is 4.47. The van der Waals surface area contributed by atoms with Crippen LogP contribution in [0.5, 0.6) is 5.75 Å². The highest BCUT2D eigenvalue weighted by atomic mass is 32.2. The Labute approximate surface area is 119 Å². The van der Waals surface area contributed by atoms with Gasteiger partial charge < -0.3 is 10.4 Å². The summed E-state index contributed by atoms with van der Waals surface area (Å²) in [7, 11) is -1.01. The summed E-state index contributed by atoms with van der Waals surface area (Å²) in [5.74, 6) is -0.330. The summed E-state index contributed by atoms with van der Waals surface area (Å²) in [6, 6.07) is 10.1. The van der Waals surface area contributed by atoms with Crippen molar-refractivity contribution >= 4 is 22.4 Å². The van der Waals surface area contributed by atoms with Crippen LogP contribution in [0, 0.1) is 0 Å². The Balaban J connectivity index is 2.24. The quantitative estimate of drug-likeness (QED) is 0.901. The van der Waals surface area contributed by atoms with Gasteiger partial charge in [0.1, 0.15) is 5.75 Å². The first kappa shape index (κ1) is 14.2. The van der Waals surface area contributed by atoms with Crippen LogP contribution in [0.4, 0.5) is 5.69 Å². The lowest BCUT2D eigenvalue weighted by atomic mass is 10.2. The highest BCUT2D eigenvalue weighted by Gasteiger charge is 2.14. The molecule has 1 aromatic carbocycles. The average Bonchev–Trinajstić information content (AvgIpc) is 2.41. The molecule has 0 bridgehead atoms. The van der Waals surface area contributed by atoms with E-state index in [1.807, 2.05) is 6.07 Å². The number of carbonyl (C=O) groups is 1. The molecule has 0 aliphatic heterocycles. The number of pyridine rings is 1. The molecule has 1 aromatic heterocycles. The molecule has 0 aliphatic carbocycles. The lowest BCUT2D eigenvalue weighted by Crippen LogP contribution is -2.15. The van der Waals surface area contributed by atoms with E-state index in [1.165, 1.54) is 12.3 Å². The number of hydrogen-bond donors (Lipinski definition) is 2. The van der Waals surface area contributed by atoms with E-state index in [1.54, 1.807) is 30.5 Å². The fourth-order valence-corrected chi connectivity index (χ4v) is 2.43. The fraction of sp³-hybridized carbons (Fsp3) is 0.143. The fourth-order valence-electron chi connectivity index (χ4n) is 1.74. The van der Waals surface area contributed by atoms with Crippen LogP contribution >= 0.6 is 0 Å². The smallest absolute Gasteiger partial charge is 0.278 e. The lowest BCUT2D eigenvalue weighted by molar-refractivity contribution is 0.101. The van der Waals surface area contributed by atoms with Crippen molar-refractivity contribution in [3.63, 3.8) is 0 Å². The second kappa shape index (κ2) is 6.29. The number of aromatic hydroxyl groups is 1. The minimum absolute atomic E-state index is 0.0417. The molecule has 0 spiro atoms. The number of nitrogens with one attached hydrogen (secondary N) is 1. The van der Waals surface area contributed by atoms with Gasteiger partial charge in [-0.1, -0.05) is 18.2 Å².